The highest BCUT2D eigenvalue weighted by Crippen LogP contribution is 2.42. The number of aromatic nitrogens is 3. The third kappa shape index (κ3) is 4.21. The average molecular weight is 494 g/mol. The largest absolute Gasteiger partial charge is 0.383 e. The van der Waals surface area contributed by atoms with Gasteiger partial charge < -0.3 is 14.9 Å². The second-order valence-corrected chi connectivity index (χ2v) is 9.94. The van der Waals surface area contributed by atoms with E-state index in [0.717, 1.165) is 6.07 Å². The maximum absolute atomic E-state index is 14.9. The minimum Gasteiger partial charge on any atom is -0.383 e. The SMILES string of the molecule is C[C@@H]1CN(C(=O)[C@@H]2CN(c3ccncn3)C[C@H]2c2ccc(F)cc2F)C[C@H](C)[C@@]1(O)c1ccccn1. The molecule has 0 spiro atoms. The van der Waals surface area contributed by atoms with E-state index in [1.165, 1.54) is 18.5 Å². The Kier molecular flexibility index (Phi) is 6.42. The molecule has 0 radical (unpaired) electrons. The molecule has 0 aliphatic carbocycles. The number of nitrogens with zero attached hydrogens (tertiary/aromatic N) is 5. The molecule has 2 saturated heterocycles. The van der Waals surface area contributed by atoms with E-state index >= 15 is 0 Å². The Hall–Kier alpha value is -3.46. The molecule has 188 valence electrons. The molecule has 2 aliphatic rings. The van der Waals surface area contributed by atoms with E-state index < -0.39 is 29.1 Å². The molecule has 9 heteroatoms. The van der Waals surface area contributed by atoms with Crippen molar-refractivity contribution in [3.05, 3.63) is 84.1 Å². The van der Waals surface area contributed by atoms with Crippen molar-refractivity contribution in [3.8, 4) is 0 Å². The molecule has 4 heterocycles. The highest BCUT2D eigenvalue weighted by Gasteiger charge is 2.50. The van der Waals surface area contributed by atoms with Crippen molar-refractivity contribution in [2.45, 2.75) is 25.4 Å². The summed E-state index contributed by atoms with van der Waals surface area (Å²) in [7, 11) is 0. The monoisotopic (exact) mass is 493 g/mol. The lowest BCUT2D eigenvalue weighted by Gasteiger charge is -2.48. The number of anilines is 1. The van der Waals surface area contributed by atoms with E-state index in [1.54, 1.807) is 29.4 Å². The Morgan fingerprint density at radius 3 is 2.42 bits per heavy atom. The third-order valence-corrected chi connectivity index (χ3v) is 7.77. The predicted octanol–water partition coefficient (Wildman–Crippen LogP) is 3.37. The van der Waals surface area contributed by atoms with E-state index in [1.807, 2.05) is 30.9 Å². The maximum atomic E-state index is 14.9. The summed E-state index contributed by atoms with van der Waals surface area (Å²) in [6, 6.07) is 10.7. The molecule has 1 aromatic carbocycles. The molecule has 1 N–H and O–H groups in total. The Balaban J connectivity index is 1.43. The van der Waals surface area contributed by atoms with Crippen LogP contribution in [-0.2, 0) is 10.4 Å². The first kappa shape index (κ1) is 24.2. The van der Waals surface area contributed by atoms with Gasteiger partial charge in [-0.15, -0.1) is 0 Å². The van der Waals surface area contributed by atoms with Gasteiger partial charge in [0.25, 0.3) is 0 Å². The van der Waals surface area contributed by atoms with Crippen LogP contribution in [0, 0.1) is 29.4 Å². The molecule has 0 saturated carbocycles. The van der Waals surface area contributed by atoms with Gasteiger partial charge in [0.05, 0.1) is 11.6 Å². The number of piperidine rings is 1. The number of likely N-dealkylation sites (tertiary alicyclic amines) is 1. The van der Waals surface area contributed by atoms with E-state index in [0.29, 0.717) is 43.3 Å². The molecule has 0 unspecified atom stereocenters. The molecule has 1 amide bonds. The van der Waals surface area contributed by atoms with Gasteiger partial charge in [-0.2, -0.15) is 0 Å². The minimum atomic E-state index is -1.16. The Bertz CT molecular complexity index is 1220. The van der Waals surface area contributed by atoms with Gasteiger partial charge in [-0.05, 0) is 29.8 Å². The summed E-state index contributed by atoms with van der Waals surface area (Å²) in [4.78, 5) is 30.3. The number of amides is 1. The molecule has 2 aromatic heterocycles. The zero-order valence-electron chi connectivity index (χ0n) is 20.3. The smallest absolute Gasteiger partial charge is 0.228 e. The highest BCUT2D eigenvalue weighted by molar-refractivity contribution is 5.82. The zero-order chi connectivity index (χ0) is 25.4. The highest BCUT2D eigenvalue weighted by atomic mass is 19.1. The third-order valence-electron chi connectivity index (χ3n) is 7.77. The quantitative estimate of drug-likeness (QED) is 0.600. The van der Waals surface area contributed by atoms with Gasteiger partial charge in [-0.25, -0.2) is 18.7 Å². The van der Waals surface area contributed by atoms with Crippen molar-refractivity contribution in [1.82, 2.24) is 19.9 Å². The second kappa shape index (κ2) is 9.54. The van der Waals surface area contributed by atoms with Gasteiger partial charge >= 0.3 is 0 Å². The van der Waals surface area contributed by atoms with Crippen molar-refractivity contribution >= 4 is 11.7 Å². The topological polar surface area (TPSA) is 82.5 Å². The number of aliphatic hydroxyl groups is 1. The first-order valence-corrected chi connectivity index (χ1v) is 12.2. The van der Waals surface area contributed by atoms with Crippen molar-refractivity contribution < 1.29 is 18.7 Å². The number of benzene rings is 1. The van der Waals surface area contributed by atoms with Crippen LogP contribution in [0.25, 0.3) is 0 Å². The fourth-order valence-electron chi connectivity index (χ4n) is 5.85. The number of carbonyl (C=O) groups excluding carboxylic acids is 1. The van der Waals surface area contributed by atoms with Crippen molar-refractivity contribution in [3.63, 3.8) is 0 Å². The van der Waals surface area contributed by atoms with E-state index in [-0.39, 0.29) is 17.7 Å². The van der Waals surface area contributed by atoms with E-state index in [4.69, 9.17) is 0 Å². The average Bonchev–Trinajstić information content (AvgIpc) is 3.32. The van der Waals surface area contributed by atoms with Crippen LogP contribution in [0.2, 0.25) is 0 Å². The maximum Gasteiger partial charge on any atom is 0.228 e. The van der Waals surface area contributed by atoms with Crippen LogP contribution in [0.4, 0.5) is 14.6 Å². The fourth-order valence-corrected chi connectivity index (χ4v) is 5.85. The zero-order valence-corrected chi connectivity index (χ0v) is 20.3. The van der Waals surface area contributed by atoms with E-state index in [9.17, 15) is 18.7 Å². The summed E-state index contributed by atoms with van der Waals surface area (Å²) in [5.74, 6) is -2.33. The van der Waals surface area contributed by atoms with Crippen molar-refractivity contribution in [2.24, 2.45) is 17.8 Å². The molecule has 5 atom stereocenters. The molecule has 3 aromatic rings. The summed E-state index contributed by atoms with van der Waals surface area (Å²) in [5.41, 5.74) is -0.253. The lowest BCUT2D eigenvalue weighted by molar-refractivity contribution is -0.153. The minimum absolute atomic E-state index is 0.109. The van der Waals surface area contributed by atoms with Gasteiger partial charge in [0.2, 0.25) is 5.91 Å². The van der Waals surface area contributed by atoms with Crippen LogP contribution < -0.4 is 4.90 Å². The Morgan fingerprint density at radius 2 is 1.78 bits per heavy atom. The van der Waals surface area contributed by atoms with Crippen molar-refractivity contribution in [1.29, 1.82) is 0 Å². The van der Waals surface area contributed by atoms with Crippen LogP contribution >= 0.6 is 0 Å². The molecule has 2 fully saturated rings. The number of carbonyl (C=O) groups is 1. The Morgan fingerprint density at radius 1 is 1.00 bits per heavy atom. The predicted molar refractivity (Wildman–Crippen MR) is 130 cm³/mol. The molecular weight excluding hydrogens is 464 g/mol. The van der Waals surface area contributed by atoms with Gasteiger partial charge in [0, 0.05) is 62.4 Å². The van der Waals surface area contributed by atoms with E-state index in [2.05, 4.69) is 15.0 Å². The van der Waals surface area contributed by atoms with Crippen LogP contribution in [0.15, 0.2) is 61.2 Å². The summed E-state index contributed by atoms with van der Waals surface area (Å²) in [6.45, 7) is 5.25. The number of halogens is 2. The van der Waals surface area contributed by atoms with Gasteiger partial charge in [-0.3, -0.25) is 9.78 Å². The lowest BCUT2D eigenvalue weighted by Crippen LogP contribution is -2.57. The van der Waals surface area contributed by atoms with Crippen LogP contribution in [-0.4, -0.2) is 57.0 Å². The van der Waals surface area contributed by atoms with Crippen LogP contribution in [0.1, 0.15) is 31.0 Å². The Labute approximate surface area is 208 Å². The molecule has 5 rings (SSSR count). The summed E-state index contributed by atoms with van der Waals surface area (Å²) in [5, 5.41) is 11.6. The number of rotatable bonds is 4. The number of hydrogen-bond donors (Lipinski definition) is 1. The summed E-state index contributed by atoms with van der Waals surface area (Å²) >= 11 is 0. The van der Waals surface area contributed by atoms with Crippen LogP contribution in [0.3, 0.4) is 0 Å². The first-order chi connectivity index (χ1) is 17.3. The van der Waals surface area contributed by atoms with Crippen LogP contribution in [0.5, 0.6) is 0 Å². The first-order valence-electron chi connectivity index (χ1n) is 12.2. The molecule has 36 heavy (non-hydrogen) atoms. The fraction of sp³-hybridized carbons (Fsp3) is 0.407. The van der Waals surface area contributed by atoms with Crippen molar-refractivity contribution in [2.75, 3.05) is 31.1 Å². The molecule has 0 bridgehead atoms. The van der Waals surface area contributed by atoms with Gasteiger partial charge in [-0.1, -0.05) is 26.0 Å². The standard InChI is InChI=1S/C27H29F2N5O2/c1-17-12-34(13-18(2)27(17,36)24-5-3-4-9-31-24)26(35)22-15-33(25-8-10-30-16-32-25)14-21(22)20-7-6-19(28)11-23(20)29/h3-11,16-18,21-22,36H,12-15H2,1-2H3/t17-,18+,21-,22+,27-/m0/s1. The summed E-state index contributed by atoms with van der Waals surface area (Å²) in [6.07, 6.45) is 4.72. The second-order valence-electron chi connectivity index (χ2n) is 9.94. The summed E-state index contributed by atoms with van der Waals surface area (Å²) < 4.78 is 28.5. The molecular formula is C27H29F2N5O2. The lowest BCUT2D eigenvalue weighted by atomic mass is 9.72. The molecule has 7 nitrogen and oxygen atoms in total. The number of hydrogen-bond acceptors (Lipinski definition) is 6. The molecule has 2 aliphatic heterocycles. The normalized spacial score (nSPS) is 28.4. The van der Waals surface area contributed by atoms with Gasteiger partial charge in [0.1, 0.15) is 29.4 Å². The number of pyridine rings is 1. The van der Waals surface area contributed by atoms with Gasteiger partial charge in [0.15, 0.2) is 0 Å².